The van der Waals surface area contributed by atoms with Gasteiger partial charge in [0.25, 0.3) is 0 Å². The normalized spacial score (nSPS) is 23.2. The van der Waals surface area contributed by atoms with Gasteiger partial charge in [-0.3, -0.25) is 0 Å². The van der Waals surface area contributed by atoms with E-state index in [1.54, 1.807) is 0 Å². The van der Waals surface area contributed by atoms with Crippen LogP contribution in [0.25, 0.3) is 0 Å². The highest BCUT2D eigenvalue weighted by Gasteiger charge is 2.35. The van der Waals surface area contributed by atoms with Crippen LogP contribution in [0.2, 0.25) is 5.02 Å². The van der Waals surface area contributed by atoms with E-state index in [0.29, 0.717) is 0 Å². The number of nitrogens with zero attached hydrogens (tertiary/aromatic N) is 2. The van der Waals surface area contributed by atoms with Gasteiger partial charge in [0.05, 0.1) is 12.0 Å². The summed E-state index contributed by atoms with van der Waals surface area (Å²) in [7, 11) is 0. The molecule has 1 fully saturated rings. The van der Waals surface area contributed by atoms with Gasteiger partial charge in [0.1, 0.15) is 0 Å². The van der Waals surface area contributed by atoms with Gasteiger partial charge in [-0.15, -0.1) is 0 Å². The highest BCUT2D eigenvalue weighted by molar-refractivity contribution is 6.30. The summed E-state index contributed by atoms with van der Waals surface area (Å²) in [5.74, 6) is 0.0897. The van der Waals surface area contributed by atoms with Crippen molar-refractivity contribution in [1.82, 2.24) is 0 Å². The van der Waals surface area contributed by atoms with E-state index in [-0.39, 0.29) is 11.3 Å². The van der Waals surface area contributed by atoms with Gasteiger partial charge in [-0.25, -0.2) is 0 Å². The Balaban J connectivity index is 2.15. The molecule has 1 atom stereocenters. The number of hydrogen-bond donors (Lipinski definition) is 0. The standard InChI is InChI=1S/C14H17ClN2/c1-14(2)7-8-17(10-11(14)9-16)13-5-3-12(15)4-6-13/h3-6,11H,7-8,10H2,1-2H3. The molecule has 1 aliphatic rings. The van der Waals surface area contributed by atoms with Crippen molar-refractivity contribution in [2.24, 2.45) is 11.3 Å². The molecular weight excluding hydrogens is 232 g/mol. The second kappa shape index (κ2) is 4.58. The van der Waals surface area contributed by atoms with Crippen LogP contribution in [0.15, 0.2) is 24.3 Å². The number of benzene rings is 1. The topological polar surface area (TPSA) is 27.0 Å². The van der Waals surface area contributed by atoms with Gasteiger partial charge in [-0.05, 0) is 36.1 Å². The van der Waals surface area contributed by atoms with Gasteiger partial charge in [0.2, 0.25) is 0 Å². The third-order valence-corrected chi connectivity index (χ3v) is 3.97. The maximum atomic E-state index is 9.24. The highest BCUT2D eigenvalue weighted by atomic mass is 35.5. The molecule has 0 aliphatic carbocycles. The lowest BCUT2D eigenvalue weighted by Crippen LogP contribution is -2.44. The quantitative estimate of drug-likeness (QED) is 0.758. The Hall–Kier alpha value is -1.20. The van der Waals surface area contributed by atoms with Gasteiger partial charge in [-0.2, -0.15) is 5.26 Å². The van der Waals surface area contributed by atoms with Crippen molar-refractivity contribution in [3.63, 3.8) is 0 Å². The van der Waals surface area contributed by atoms with E-state index in [9.17, 15) is 5.26 Å². The van der Waals surface area contributed by atoms with E-state index in [0.717, 1.165) is 30.2 Å². The largest absolute Gasteiger partial charge is 0.370 e. The summed E-state index contributed by atoms with van der Waals surface area (Å²) >= 11 is 5.88. The lowest BCUT2D eigenvalue weighted by atomic mass is 9.74. The Morgan fingerprint density at radius 3 is 2.59 bits per heavy atom. The van der Waals surface area contributed by atoms with E-state index in [1.807, 2.05) is 24.3 Å². The molecule has 0 bridgehead atoms. The smallest absolute Gasteiger partial charge is 0.0690 e. The molecule has 0 saturated carbocycles. The van der Waals surface area contributed by atoms with Crippen molar-refractivity contribution in [3.05, 3.63) is 29.3 Å². The van der Waals surface area contributed by atoms with Gasteiger partial charge < -0.3 is 4.90 Å². The van der Waals surface area contributed by atoms with E-state index < -0.39 is 0 Å². The molecule has 90 valence electrons. The molecule has 0 aromatic heterocycles. The lowest BCUT2D eigenvalue weighted by molar-refractivity contribution is 0.217. The molecule has 0 radical (unpaired) electrons. The SMILES string of the molecule is CC1(C)CCN(c2ccc(Cl)cc2)CC1C#N. The fraction of sp³-hybridized carbons (Fsp3) is 0.500. The molecule has 0 N–H and O–H groups in total. The second-order valence-electron chi connectivity index (χ2n) is 5.34. The third-order valence-electron chi connectivity index (χ3n) is 3.72. The molecule has 1 unspecified atom stereocenters. The molecule has 1 aromatic rings. The van der Waals surface area contributed by atoms with Crippen LogP contribution in [0.4, 0.5) is 5.69 Å². The highest BCUT2D eigenvalue weighted by Crippen LogP contribution is 2.36. The summed E-state index contributed by atoms with van der Waals surface area (Å²) in [4.78, 5) is 2.27. The molecule has 1 aromatic carbocycles. The number of nitriles is 1. The van der Waals surface area contributed by atoms with Crippen LogP contribution in [0.1, 0.15) is 20.3 Å². The first-order valence-electron chi connectivity index (χ1n) is 5.93. The molecule has 3 heteroatoms. The second-order valence-corrected chi connectivity index (χ2v) is 5.78. The minimum Gasteiger partial charge on any atom is -0.370 e. The average Bonchev–Trinajstić information content (AvgIpc) is 2.30. The maximum Gasteiger partial charge on any atom is 0.0690 e. The number of halogens is 1. The zero-order chi connectivity index (χ0) is 12.5. The predicted molar refractivity (Wildman–Crippen MR) is 71.2 cm³/mol. The number of piperidine rings is 1. The van der Waals surface area contributed by atoms with Crippen LogP contribution in [-0.2, 0) is 0 Å². The molecule has 0 spiro atoms. The van der Waals surface area contributed by atoms with Crippen LogP contribution in [0.5, 0.6) is 0 Å². The van der Waals surface area contributed by atoms with Crippen molar-refractivity contribution in [2.75, 3.05) is 18.0 Å². The van der Waals surface area contributed by atoms with Crippen molar-refractivity contribution in [2.45, 2.75) is 20.3 Å². The summed E-state index contributed by atoms with van der Waals surface area (Å²) in [5, 5.41) is 9.99. The molecule has 2 nitrogen and oxygen atoms in total. The number of hydrogen-bond acceptors (Lipinski definition) is 2. The Morgan fingerprint density at radius 1 is 1.35 bits per heavy atom. The third kappa shape index (κ3) is 2.56. The Morgan fingerprint density at radius 2 is 2.00 bits per heavy atom. The monoisotopic (exact) mass is 248 g/mol. The zero-order valence-electron chi connectivity index (χ0n) is 10.3. The van der Waals surface area contributed by atoms with Crippen LogP contribution in [-0.4, -0.2) is 13.1 Å². The minimum absolute atomic E-state index is 0.0897. The summed E-state index contributed by atoms with van der Waals surface area (Å²) < 4.78 is 0. The first-order chi connectivity index (χ1) is 8.03. The summed E-state index contributed by atoms with van der Waals surface area (Å²) in [6.45, 7) is 6.18. The number of anilines is 1. The molecular formula is C14H17ClN2. The van der Waals surface area contributed by atoms with Crippen molar-refractivity contribution < 1.29 is 0 Å². The van der Waals surface area contributed by atoms with E-state index >= 15 is 0 Å². The first kappa shape index (κ1) is 12.3. The predicted octanol–water partition coefficient (Wildman–Crippen LogP) is 3.72. The van der Waals surface area contributed by atoms with Gasteiger partial charge in [-0.1, -0.05) is 25.4 Å². The van der Waals surface area contributed by atoms with Crippen LogP contribution < -0.4 is 4.90 Å². The van der Waals surface area contributed by atoms with Crippen molar-refractivity contribution in [1.29, 1.82) is 5.26 Å². The summed E-state index contributed by atoms with van der Waals surface area (Å²) in [6, 6.07) is 10.3. The first-order valence-corrected chi connectivity index (χ1v) is 6.31. The van der Waals surface area contributed by atoms with E-state index in [4.69, 9.17) is 11.6 Å². The fourth-order valence-electron chi connectivity index (χ4n) is 2.26. The fourth-order valence-corrected chi connectivity index (χ4v) is 2.38. The molecule has 2 rings (SSSR count). The summed E-state index contributed by atoms with van der Waals surface area (Å²) in [5.41, 5.74) is 1.28. The van der Waals surface area contributed by atoms with Crippen molar-refractivity contribution in [3.8, 4) is 6.07 Å². The van der Waals surface area contributed by atoms with Crippen LogP contribution in [0.3, 0.4) is 0 Å². The van der Waals surface area contributed by atoms with E-state index in [1.165, 1.54) is 0 Å². The van der Waals surface area contributed by atoms with Gasteiger partial charge in [0, 0.05) is 23.8 Å². The lowest BCUT2D eigenvalue weighted by Gasteiger charge is -2.41. The van der Waals surface area contributed by atoms with E-state index in [2.05, 4.69) is 24.8 Å². The average molecular weight is 249 g/mol. The molecule has 1 heterocycles. The molecule has 17 heavy (non-hydrogen) atoms. The number of rotatable bonds is 1. The molecule has 0 amide bonds. The van der Waals surface area contributed by atoms with Gasteiger partial charge >= 0.3 is 0 Å². The maximum absolute atomic E-state index is 9.24. The van der Waals surface area contributed by atoms with Gasteiger partial charge in [0.15, 0.2) is 0 Å². The molecule has 1 aliphatic heterocycles. The summed E-state index contributed by atoms with van der Waals surface area (Å²) in [6.07, 6.45) is 1.05. The minimum atomic E-state index is 0.0897. The Labute approximate surface area is 108 Å². The molecule has 1 saturated heterocycles. The Bertz CT molecular complexity index is 431. The van der Waals surface area contributed by atoms with Crippen LogP contribution >= 0.6 is 11.6 Å². The van der Waals surface area contributed by atoms with Crippen molar-refractivity contribution >= 4 is 17.3 Å². The van der Waals surface area contributed by atoms with Crippen LogP contribution in [0, 0.1) is 22.7 Å². The zero-order valence-corrected chi connectivity index (χ0v) is 11.0. The Kier molecular flexibility index (Phi) is 3.31.